The largest absolute Gasteiger partial charge is 0.448 e. The van der Waals surface area contributed by atoms with Crippen LogP contribution in [0, 0.1) is 0 Å². The standard InChI is InChI=1S/C13H17N3O3/c1-2-11(10-3-5-14-6-4-10)15-12(17)9-16-7-8-19-13(16)18/h3-6,11H,2,7-9H2,1H3,(H,15,17)/t11-/m0/s1. The van der Waals surface area contributed by atoms with Crippen LogP contribution in [0.25, 0.3) is 0 Å². The van der Waals surface area contributed by atoms with Crippen LogP contribution in [-0.4, -0.2) is 41.6 Å². The van der Waals surface area contributed by atoms with Gasteiger partial charge in [0.1, 0.15) is 13.2 Å². The number of pyridine rings is 1. The molecule has 2 rings (SSSR count). The molecule has 0 radical (unpaired) electrons. The van der Waals surface area contributed by atoms with E-state index in [1.165, 1.54) is 4.90 Å². The predicted octanol–water partition coefficient (Wildman–Crippen LogP) is 1.10. The van der Waals surface area contributed by atoms with Crippen molar-refractivity contribution in [3.8, 4) is 0 Å². The van der Waals surface area contributed by atoms with Gasteiger partial charge in [-0.3, -0.25) is 14.7 Å². The molecule has 0 spiro atoms. The molecule has 2 heterocycles. The number of aromatic nitrogens is 1. The third kappa shape index (κ3) is 3.43. The fraction of sp³-hybridized carbons (Fsp3) is 0.462. The molecule has 1 aliphatic rings. The van der Waals surface area contributed by atoms with E-state index in [1.54, 1.807) is 12.4 Å². The molecule has 1 saturated heterocycles. The van der Waals surface area contributed by atoms with E-state index >= 15 is 0 Å². The van der Waals surface area contributed by atoms with Gasteiger partial charge in [0.2, 0.25) is 5.91 Å². The highest BCUT2D eigenvalue weighted by atomic mass is 16.6. The molecule has 0 saturated carbocycles. The maximum Gasteiger partial charge on any atom is 0.410 e. The summed E-state index contributed by atoms with van der Waals surface area (Å²) in [7, 11) is 0. The van der Waals surface area contributed by atoms with Gasteiger partial charge in [-0.2, -0.15) is 0 Å². The molecule has 1 fully saturated rings. The molecular weight excluding hydrogens is 246 g/mol. The van der Waals surface area contributed by atoms with Crippen molar-refractivity contribution in [2.75, 3.05) is 19.7 Å². The molecule has 1 aromatic rings. The van der Waals surface area contributed by atoms with Crippen molar-refractivity contribution in [2.24, 2.45) is 0 Å². The first-order chi connectivity index (χ1) is 9.20. The van der Waals surface area contributed by atoms with Gasteiger partial charge in [0, 0.05) is 12.4 Å². The lowest BCUT2D eigenvalue weighted by atomic mass is 10.1. The quantitative estimate of drug-likeness (QED) is 0.863. The van der Waals surface area contributed by atoms with Gasteiger partial charge in [-0.15, -0.1) is 0 Å². The molecule has 1 atom stereocenters. The van der Waals surface area contributed by atoms with Gasteiger partial charge in [0.15, 0.2) is 0 Å². The minimum Gasteiger partial charge on any atom is -0.448 e. The van der Waals surface area contributed by atoms with E-state index in [-0.39, 0.29) is 18.5 Å². The van der Waals surface area contributed by atoms with E-state index in [0.717, 1.165) is 12.0 Å². The molecule has 0 aliphatic carbocycles. The number of amides is 2. The van der Waals surface area contributed by atoms with E-state index in [0.29, 0.717) is 13.2 Å². The number of carbonyl (C=O) groups excluding carboxylic acids is 2. The first-order valence-electron chi connectivity index (χ1n) is 6.31. The van der Waals surface area contributed by atoms with Gasteiger partial charge >= 0.3 is 6.09 Å². The Hall–Kier alpha value is -2.11. The van der Waals surface area contributed by atoms with Crippen LogP contribution < -0.4 is 5.32 Å². The molecule has 6 heteroatoms. The van der Waals surface area contributed by atoms with Crippen LogP contribution in [-0.2, 0) is 9.53 Å². The predicted molar refractivity (Wildman–Crippen MR) is 68.3 cm³/mol. The summed E-state index contributed by atoms with van der Waals surface area (Å²) in [5.74, 6) is -0.178. The van der Waals surface area contributed by atoms with Crippen LogP contribution in [0.3, 0.4) is 0 Å². The minimum absolute atomic E-state index is 0.0421. The van der Waals surface area contributed by atoms with Gasteiger partial charge in [-0.25, -0.2) is 4.79 Å². The molecule has 0 unspecified atom stereocenters. The summed E-state index contributed by atoms with van der Waals surface area (Å²) >= 11 is 0. The summed E-state index contributed by atoms with van der Waals surface area (Å²) in [6.45, 7) is 2.86. The van der Waals surface area contributed by atoms with Crippen molar-refractivity contribution >= 4 is 12.0 Å². The zero-order valence-corrected chi connectivity index (χ0v) is 10.8. The first kappa shape index (κ1) is 13.3. The third-order valence-corrected chi connectivity index (χ3v) is 3.03. The summed E-state index contributed by atoms with van der Waals surface area (Å²) in [5, 5.41) is 2.91. The Morgan fingerprint density at radius 2 is 2.26 bits per heavy atom. The van der Waals surface area contributed by atoms with Crippen LogP contribution in [0.5, 0.6) is 0 Å². The van der Waals surface area contributed by atoms with E-state index in [2.05, 4.69) is 10.3 Å². The smallest absolute Gasteiger partial charge is 0.410 e. The summed E-state index contributed by atoms with van der Waals surface area (Å²) in [5.41, 5.74) is 1.01. The Kier molecular flexibility index (Phi) is 4.33. The van der Waals surface area contributed by atoms with Crippen molar-refractivity contribution in [1.29, 1.82) is 0 Å². The van der Waals surface area contributed by atoms with Crippen LogP contribution in [0.15, 0.2) is 24.5 Å². The number of nitrogens with zero attached hydrogens (tertiary/aromatic N) is 2. The van der Waals surface area contributed by atoms with Gasteiger partial charge in [-0.1, -0.05) is 6.92 Å². The van der Waals surface area contributed by atoms with E-state index < -0.39 is 6.09 Å². The normalized spacial score (nSPS) is 16.1. The van der Waals surface area contributed by atoms with Crippen molar-refractivity contribution in [3.05, 3.63) is 30.1 Å². The summed E-state index contributed by atoms with van der Waals surface area (Å²) < 4.78 is 4.78. The lowest BCUT2D eigenvalue weighted by molar-refractivity contribution is -0.122. The Balaban J connectivity index is 1.91. The molecule has 2 amide bonds. The lowest BCUT2D eigenvalue weighted by Crippen LogP contribution is -2.39. The van der Waals surface area contributed by atoms with Crippen LogP contribution in [0.4, 0.5) is 4.79 Å². The Morgan fingerprint density at radius 3 is 2.84 bits per heavy atom. The first-order valence-corrected chi connectivity index (χ1v) is 6.31. The highest BCUT2D eigenvalue weighted by molar-refractivity contribution is 5.83. The average molecular weight is 263 g/mol. The summed E-state index contributed by atoms with van der Waals surface area (Å²) in [4.78, 5) is 28.5. The number of ether oxygens (including phenoxy) is 1. The Bertz CT molecular complexity index is 450. The molecular formula is C13H17N3O3. The number of hydrogen-bond donors (Lipinski definition) is 1. The zero-order valence-electron chi connectivity index (χ0n) is 10.8. The Labute approximate surface area is 111 Å². The average Bonchev–Trinajstić information content (AvgIpc) is 2.82. The van der Waals surface area contributed by atoms with Crippen molar-refractivity contribution in [3.63, 3.8) is 0 Å². The Morgan fingerprint density at radius 1 is 1.53 bits per heavy atom. The SMILES string of the molecule is CC[C@H](NC(=O)CN1CCOC1=O)c1ccncc1. The van der Waals surface area contributed by atoms with E-state index in [4.69, 9.17) is 4.74 Å². The van der Waals surface area contributed by atoms with Gasteiger partial charge in [0.25, 0.3) is 0 Å². The van der Waals surface area contributed by atoms with Crippen molar-refractivity contribution in [1.82, 2.24) is 15.2 Å². The van der Waals surface area contributed by atoms with Gasteiger partial charge < -0.3 is 10.1 Å². The zero-order chi connectivity index (χ0) is 13.7. The fourth-order valence-corrected chi connectivity index (χ4v) is 2.00. The second kappa shape index (κ2) is 6.17. The van der Waals surface area contributed by atoms with E-state index in [9.17, 15) is 9.59 Å². The molecule has 102 valence electrons. The molecule has 0 aromatic carbocycles. The van der Waals surface area contributed by atoms with Crippen molar-refractivity contribution in [2.45, 2.75) is 19.4 Å². The number of cyclic esters (lactones) is 1. The number of nitrogens with one attached hydrogen (secondary N) is 1. The minimum atomic E-state index is -0.424. The molecule has 6 nitrogen and oxygen atoms in total. The van der Waals surface area contributed by atoms with E-state index in [1.807, 2.05) is 19.1 Å². The van der Waals surface area contributed by atoms with Crippen LogP contribution in [0.1, 0.15) is 24.9 Å². The maximum atomic E-state index is 11.9. The molecule has 19 heavy (non-hydrogen) atoms. The highest BCUT2D eigenvalue weighted by Gasteiger charge is 2.24. The number of hydrogen-bond acceptors (Lipinski definition) is 4. The van der Waals surface area contributed by atoms with Gasteiger partial charge in [0.05, 0.1) is 12.6 Å². The second-order valence-corrected chi connectivity index (χ2v) is 4.34. The maximum absolute atomic E-state index is 11.9. The topological polar surface area (TPSA) is 71.5 Å². The van der Waals surface area contributed by atoms with Crippen LogP contribution in [0.2, 0.25) is 0 Å². The molecule has 1 aromatic heterocycles. The lowest BCUT2D eigenvalue weighted by Gasteiger charge is -2.19. The summed E-state index contributed by atoms with van der Waals surface area (Å²) in [6, 6.07) is 3.69. The molecule has 1 N–H and O–H groups in total. The highest BCUT2D eigenvalue weighted by Crippen LogP contribution is 2.15. The summed E-state index contributed by atoms with van der Waals surface area (Å²) in [6.07, 6.45) is 3.75. The van der Waals surface area contributed by atoms with Crippen LogP contribution >= 0.6 is 0 Å². The van der Waals surface area contributed by atoms with Crippen molar-refractivity contribution < 1.29 is 14.3 Å². The second-order valence-electron chi connectivity index (χ2n) is 4.34. The molecule has 0 bridgehead atoms. The monoisotopic (exact) mass is 263 g/mol. The third-order valence-electron chi connectivity index (χ3n) is 3.03. The van der Waals surface area contributed by atoms with Gasteiger partial charge in [-0.05, 0) is 24.1 Å². The fourth-order valence-electron chi connectivity index (χ4n) is 2.00. The number of carbonyl (C=O) groups is 2. The number of rotatable bonds is 5. The molecule has 1 aliphatic heterocycles.